The summed E-state index contributed by atoms with van der Waals surface area (Å²) in [6.45, 7) is 1.69. The van der Waals surface area contributed by atoms with Gasteiger partial charge in [-0.1, -0.05) is 30.0 Å². The van der Waals surface area contributed by atoms with Gasteiger partial charge in [-0.25, -0.2) is 0 Å². The Kier molecular flexibility index (Phi) is 4.80. The average molecular weight is 354 g/mol. The maximum absolute atomic E-state index is 11.0. The van der Waals surface area contributed by atoms with Crippen molar-refractivity contribution in [1.82, 2.24) is 0 Å². The van der Waals surface area contributed by atoms with Crippen molar-refractivity contribution < 1.29 is 10.0 Å². The molecule has 0 aliphatic carbocycles. The first kappa shape index (κ1) is 15.0. The number of nitro groups is 1. The van der Waals surface area contributed by atoms with E-state index in [0.29, 0.717) is 4.90 Å². The molecule has 0 aliphatic rings. The number of para-hydroxylation sites is 1. The molecule has 2 aromatic carbocycles. The number of hydrogen-bond donors (Lipinski definition) is 1. The van der Waals surface area contributed by atoms with Crippen molar-refractivity contribution >= 4 is 33.4 Å². The molecule has 2 aromatic rings. The molecule has 0 spiro atoms. The largest absolute Gasteiger partial charge is 0.389 e. The molecule has 0 radical (unpaired) electrons. The van der Waals surface area contributed by atoms with Crippen molar-refractivity contribution in [2.75, 3.05) is 0 Å². The van der Waals surface area contributed by atoms with Gasteiger partial charge in [-0.3, -0.25) is 10.1 Å². The standard InChI is InChI=1S/C14H12BrNO3S/c1-9(17)10-6-7-13(11(15)8-10)20-14-5-3-2-4-12(14)16(18)19/h2-9,17H,1H3/t9-/m0/s1. The fourth-order valence-corrected chi connectivity index (χ4v) is 3.23. The molecule has 1 N–H and O–H groups in total. The quantitative estimate of drug-likeness (QED) is 0.646. The zero-order valence-electron chi connectivity index (χ0n) is 10.6. The highest BCUT2D eigenvalue weighted by molar-refractivity contribution is 9.10. The van der Waals surface area contributed by atoms with E-state index in [9.17, 15) is 15.2 Å². The number of hydrogen-bond acceptors (Lipinski definition) is 4. The lowest BCUT2D eigenvalue weighted by Crippen LogP contribution is -1.92. The Labute approximate surface area is 129 Å². The van der Waals surface area contributed by atoms with E-state index < -0.39 is 6.10 Å². The van der Waals surface area contributed by atoms with Gasteiger partial charge in [0.2, 0.25) is 0 Å². The van der Waals surface area contributed by atoms with Crippen molar-refractivity contribution in [3.05, 3.63) is 62.6 Å². The maximum atomic E-state index is 11.0. The van der Waals surface area contributed by atoms with E-state index >= 15 is 0 Å². The summed E-state index contributed by atoms with van der Waals surface area (Å²) in [6, 6.07) is 12.1. The van der Waals surface area contributed by atoms with E-state index in [1.165, 1.54) is 17.8 Å². The van der Waals surface area contributed by atoms with Crippen LogP contribution in [0.5, 0.6) is 0 Å². The van der Waals surface area contributed by atoms with Crippen LogP contribution in [0.2, 0.25) is 0 Å². The Balaban J connectivity index is 2.33. The first-order valence-electron chi connectivity index (χ1n) is 5.88. The van der Waals surface area contributed by atoms with E-state index in [2.05, 4.69) is 15.9 Å². The molecule has 1 atom stereocenters. The molecule has 0 bridgehead atoms. The van der Waals surface area contributed by atoms with Crippen LogP contribution in [0.25, 0.3) is 0 Å². The van der Waals surface area contributed by atoms with Crippen molar-refractivity contribution in [3.63, 3.8) is 0 Å². The van der Waals surface area contributed by atoms with E-state index in [4.69, 9.17) is 0 Å². The summed E-state index contributed by atoms with van der Waals surface area (Å²) >= 11 is 4.75. The third kappa shape index (κ3) is 3.39. The van der Waals surface area contributed by atoms with Crippen molar-refractivity contribution in [3.8, 4) is 0 Å². The summed E-state index contributed by atoms with van der Waals surface area (Å²) in [5.74, 6) is 0. The predicted octanol–water partition coefficient (Wildman–Crippen LogP) is 4.56. The smallest absolute Gasteiger partial charge is 0.283 e. The van der Waals surface area contributed by atoms with Crippen LogP contribution in [-0.4, -0.2) is 10.0 Å². The predicted molar refractivity (Wildman–Crippen MR) is 82.0 cm³/mol. The Morgan fingerprint density at radius 1 is 1.25 bits per heavy atom. The average Bonchev–Trinajstić information content (AvgIpc) is 2.41. The van der Waals surface area contributed by atoms with Gasteiger partial charge >= 0.3 is 0 Å². The van der Waals surface area contributed by atoms with Crippen LogP contribution in [0.3, 0.4) is 0 Å². The highest BCUT2D eigenvalue weighted by Crippen LogP contribution is 2.38. The molecule has 20 heavy (non-hydrogen) atoms. The molecule has 0 saturated heterocycles. The molecular weight excluding hydrogens is 342 g/mol. The second kappa shape index (κ2) is 6.39. The second-order valence-corrected chi connectivity index (χ2v) is 6.13. The topological polar surface area (TPSA) is 63.4 Å². The Bertz CT molecular complexity index is 646. The van der Waals surface area contributed by atoms with Crippen molar-refractivity contribution in [2.45, 2.75) is 22.8 Å². The molecule has 104 valence electrons. The van der Waals surface area contributed by atoms with Gasteiger partial charge in [0.25, 0.3) is 5.69 Å². The fraction of sp³-hybridized carbons (Fsp3) is 0.143. The van der Waals surface area contributed by atoms with Crippen molar-refractivity contribution in [2.24, 2.45) is 0 Å². The molecule has 0 amide bonds. The monoisotopic (exact) mass is 353 g/mol. The van der Waals surface area contributed by atoms with Gasteiger partial charge in [-0.05, 0) is 46.6 Å². The second-order valence-electron chi connectivity index (χ2n) is 4.19. The van der Waals surface area contributed by atoms with E-state index in [0.717, 1.165) is 14.9 Å². The van der Waals surface area contributed by atoms with Crippen LogP contribution in [0, 0.1) is 10.1 Å². The molecule has 2 rings (SSSR count). The summed E-state index contributed by atoms with van der Waals surface area (Å²) in [4.78, 5) is 12.0. The van der Waals surface area contributed by atoms with Crippen LogP contribution in [0.4, 0.5) is 5.69 Å². The highest BCUT2D eigenvalue weighted by Gasteiger charge is 2.15. The summed E-state index contributed by atoms with van der Waals surface area (Å²) in [5, 5.41) is 20.5. The zero-order chi connectivity index (χ0) is 14.7. The molecule has 0 fully saturated rings. The van der Waals surface area contributed by atoms with Gasteiger partial charge in [0.05, 0.1) is 15.9 Å². The number of benzene rings is 2. The van der Waals surface area contributed by atoms with Crippen LogP contribution in [-0.2, 0) is 0 Å². The molecule has 6 heteroatoms. The number of nitro benzene ring substituents is 1. The van der Waals surface area contributed by atoms with Gasteiger partial charge in [-0.15, -0.1) is 0 Å². The van der Waals surface area contributed by atoms with Crippen LogP contribution >= 0.6 is 27.7 Å². The number of nitrogens with zero attached hydrogens (tertiary/aromatic N) is 1. The molecular formula is C14H12BrNO3S. The van der Waals surface area contributed by atoms with E-state index in [1.807, 2.05) is 18.2 Å². The van der Waals surface area contributed by atoms with E-state index in [1.54, 1.807) is 25.1 Å². The first-order valence-corrected chi connectivity index (χ1v) is 7.49. The number of halogens is 1. The van der Waals surface area contributed by atoms with Crippen LogP contribution in [0.1, 0.15) is 18.6 Å². The minimum absolute atomic E-state index is 0.0870. The Morgan fingerprint density at radius 2 is 1.95 bits per heavy atom. The molecule has 0 aliphatic heterocycles. The Hall–Kier alpha value is -1.37. The molecule has 0 aromatic heterocycles. The maximum Gasteiger partial charge on any atom is 0.283 e. The normalized spacial score (nSPS) is 12.2. The summed E-state index contributed by atoms with van der Waals surface area (Å²) in [6.07, 6.45) is -0.545. The summed E-state index contributed by atoms with van der Waals surface area (Å²) < 4.78 is 0.805. The molecule has 0 unspecified atom stereocenters. The van der Waals surface area contributed by atoms with Gasteiger partial charge in [0.1, 0.15) is 0 Å². The SMILES string of the molecule is C[C@H](O)c1ccc(Sc2ccccc2[N+](=O)[O-])c(Br)c1. The Morgan fingerprint density at radius 3 is 2.55 bits per heavy atom. The minimum atomic E-state index is -0.545. The summed E-state index contributed by atoms with van der Waals surface area (Å²) in [7, 11) is 0. The minimum Gasteiger partial charge on any atom is -0.389 e. The van der Waals surface area contributed by atoms with Gasteiger partial charge in [0.15, 0.2) is 0 Å². The number of aliphatic hydroxyl groups excluding tert-OH is 1. The molecule has 0 heterocycles. The van der Waals surface area contributed by atoms with Gasteiger partial charge < -0.3 is 5.11 Å². The lowest BCUT2D eigenvalue weighted by Gasteiger charge is -2.09. The molecule has 4 nitrogen and oxygen atoms in total. The third-order valence-corrected chi connectivity index (χ3v) is 4.78. The fourth-order valence-electron chi connectivity index (χ4n) is 1.67. The highest BCUT2D eigenvalue weighted by atomic mass is 79.9. The van der Waals surface area contributed by atoms with Crippen LogP contribution in [0.15, 0.2) is 56.7 Å². The van der Waals surface area contributed by atoms with Crippen molar-refractivity contribution in [1.29, 1.82) is 0 Å². The third-order valence-electron chi connectivity index (χ3n) is 2.72. The van der Waals surface area contributed by atoms with E-state index in [-0.39, 0.29) is 10.6 Å². The first-order chi connectivity index (χ1) is 9.49. The summed E-state index contributed by atoms with van der Waals surface area (Å²) in [5.41, 5.74) is 0.882. The van der Waals surface area contributed by atoms with Gasteiger partial charge in [0, 0.05) is 15.4 Å². The number of rotatable bonds is 4. The van der Waals surface area contributed by atoms with Gasteiger partial charge in [-0.2, -0.15) is 0 Å². The lowest BCUT2D eigenvalue weighted by molar-refractivity contribution is -0.387. The molecule has 0 saturated carbocycles. The lowest BCUT2D eigenvalue weighted by atomic mass is 10.1. The zero-order valence-corrected chi connectivity index (χ0v) is 13.0. The van der Waals surface area contributed by atoms with Crippen LogP contribution < -0.4 is 0 Å². The number of aliphatic hydroxyl groups is 1.